The second-order valence-electron chi connectivity index (χ2n) is 21.9. The standard InChI is InChI=1S/C47H74O21/c1-17-16-60-47(41(59)31(17)51)18(2)30-26(68-47)13-25-23-8-7-21-11-22(12-29(62-20(4)50)46(21,6)24(23)9-10-45(25,30)5)63-42-38(58)36(56)39(19(3)61-42)66-44-40(35(55)33(53)28(15-49)65-44)67-43-37(57)34(54)32(52)27(14-48)64-43/h7,17-19,22-44,48-49,51-59H,8-16H2,1-6H3. The van der Waals surface area contributed by atoms with Crippen LogP contribution in [0.1, 0.15) is 80.1 Å². The van der Waals surface area contributed by atoms with Crippen molar-refractivity contribution in [2.75, 3.05) is 19.8 Å². The van der Waals surface area contributed by atoms with Gasteiger partial charge in [-0.3, -0.25) is 4.79 Å². The second kappa shape index (κ2) is 19.1. The molecule has 0 aromatic rings. The predicted octanol–water partition coefficient (Wildman–Crippen LogP) is -2.30. The Morgan fingerprint density at radius 1 is 0.735 bits per heavy atom. The van der Waals surface area contributed by atoms with E-state index in [2.05, 4.69) is 26.8 Å². The van der Waals surface area contributed by atoms with E-state index in [0.717, 1.165) is 31.3 Å². The molecule has 0 radical (unpaired) electrons. The van der Waals surface area contributed by atoms with Gasteiger partial charge in [0.25, 0.3) is 0 Å². The van der Waals surface area contributed by atoms with Gasteiger partial charge in [0.05, 0.1) is 44.2 Å². The van der Waals surface area contributed by atoms with Crippen LogP contribution in [0.5, 0.6) is 0 Å². The highest BCUT2D eigenvalue weighted by molar-refractivity contribution is 5.66. The zero-order valence-electron chi connectivity index (χ0n) is 39.5. The maximum atomic E-state index is 12.9. The normalized spacial score (nSPS) is 56.8. The molecule has 29 atom stereocenters. The number of carbonyl (C=O) groups is 1. The van der Waals surface area contributed by atoms with Crippen molar-refractivity contribution in [1.29, 1.82) is 0 Å². The fraction of sp³-hybridized carbons (Fsp3) is 0.936. The fourth-order valence-corrected chi connectivity index (χ4v) is 14.6. The lowest BCUT2D eigenvalue weighted by Gasteiger charge is -2.60. The molecule has 21 heteroatoms. The molecule has 8 fully saturated rings. The van der Waals surface area contributed by atoms with E-state index >= 15 is 0 Å². The topological polar surface area (TPSA) is 323 Å². The number of carbonyl (C=O) groups excluding carboxylic acids is 1. The molecule has 4 aliphatic carbocycles. The highest BCUT2D eigenvalue weighted by Crippen LogP contribution is 2.71. The van der Waals surface area contributed by atoms with Crippen molar-refractivity contribution in [3.05, 3.63) is 11.6 Å². The SMILES string of the molecule is CC(=O)OC1CC(OC2OC(C)C(OC3OC(CO)C(O)C(O)C3OC3OC(CO)C(O)C(O)C3O)C(O)C2O)CC2=CCC3C4CC5OC6(OCC(C)C(O)C6O)C(C)C5C4(C)CCC3C21C. The molecule has 21 nitrogen and oxygen atoms in total. The first-order chi connectivity index (χ1) is 32.1. The van der Waals surface area contributed by atoms with E-state index < -0.39 is 147 Å². The Morgan fingerprint density at radius 3 is 2.03 bits per heavy atom. The van der Waals surface area contributed by atoms with Gasteiger partial charge in [0.1, 0.15) is 79.4 Å². The van der Waals surface area contributed by atoms with Crippen molar-refractivity contribution in [2.45, 2.75) is 208 Å². The summed E-state index contributed by atoms with van der Waals surface area (Å²) in [7, 11) is 0. The number of allylic oxidation sites excluding steroid dienone is 1. The number of esters is 1. The van der Waals surface area contributed by atoms with Gasteiger partial charge in [-0.05, 0) is 68.1 Å². The molecule has 0 aromatic heterocycles. The van der Waals surface area contributed by atoms with Crippen LogP contribution < -0.4 is 0 Å². The first-order valence-corrected chi connectivity index (χ1v) is 24.6. The van der Waals surface area contributed by atoms with Gasteiger partial charge < -0.3 is 98.8 Å². The molecule has 388 valence electrons. The lowest BCUT2D eigenvalue weighted by Crippen LogP contribution is -2.66. The number of hydrogen-bond donors (Lipinski definition) is 11. The molecular formula is C47H74O21. The van der Waals surface area contributed by atoms with E-state index in [4.69, 9.17) is 42.6 Å². The molecule has 0 bridgehead atoms. The lowest BCUT2D eigenvalue weighted by molar-refractivity contribution is -0.388. The van der Waals surface area contributed by atoms with E-state index in [1.54, 1.807) is 6.92 Å². The van der Waals surface area contributed by atoms with Crippen LogP contribution in [-0.4, -0.2) is 210 Å². The van der Waals surface area contributed by atoms with Crippen molar-refractivity contribution in [3.8, 4) is 0 Å². The number of hydrogen-bond acceptors (Lipinski definition) is 21. The first kappa shape index (κ1) is 51.4. The quantitative estimate of drug-likeness (QED) is 0.0855. The Hall–Kier alpha value is -1.55. The molecule has 9 rings (SSSR count). The molecule has 0 amide bonds. The molecule has 0 aromatic carbocycles. The van der Waals surface area contributed by atoms with Crippen molar-refractivity contribution in [1.82, 2.24) is 0 Å². The summed E-state index contributed by atoms with van der Waals surface area (Å²) >= 11 is 0. The monoisotopic (exact) mass is 974 g/mol. The smallest absolute Gasteiger partial charge is 0.302 e. The molecule has 9 aliphatic rings. The van der Waals surface area contributed by atoms with Crippen LogP contribution in [0.25, 0.3) is 0 Å². The minimum Gasteiger partial charge on any atom is -0.462 e. The third kappa shape index (κ3) is 8.15. The van der Waals surface area contributed by atoms with Gasteiger partial charge in [0, 0.05) is 30.6 Å². The van der Waals surface area contributed by atoms with Crippen molar-refractivity contribution in [3.63, 3.8) is 0 Å². The summed E-state index contributed by atoms with van der Waals surface area (Å²) in [5.41, 5.74) is 0.412. The Balaban J connectivity index is 0.886. The summed E-state index contributed by atoms with van der Waals surface area (Å²) in [4.78, 5) is 12.9. The summed E-state index contributed by atoms with van der Waals surface area (Å²) < 4.78 is 55.0. The molecule has 11 N–H and O–H groups in total. The number of rotatable bonds is 9. The van der Waals surface area contributed by atoms with Crippen LogP contribution in [0.3, 0.4) is 0 Å². The van der Waals surface area contributed by atoms with Crippen LogP contribution in [0.15, 0.2) is 11.6 Å². The average Bonchev–Trinajstić information content (AvgIpc) is 3.76. The largest absolute Gasteiger partial charge is 0.462 e. The molecule has 68 heavy (non-hydrogen) atoms. The van der Waals surface area contributed by atoms with Crippen LogP contribution in [0, 0.1) is 46.3 Å². The molecule has 5 aliphatic heterocycles. The predicted molar refractivity (Wildman–Crippen MR) is 228 cm³/mol. The van der Waals surface area contributed by atoms with Crippen molar-refractivity contribution < 1.29 is 104 Å². The van der Waals surface area contributed by atoms with Gasteiger partial charge in [-0.25, -0.2) is 0 Å². The first-order valence-electron chi connectivity index (χ1n) is 24.6. The summed E-state index contributed by atoms with van der Waals surface area (Å²) in [5, 5.41) is 118. The van der Waals surface area contributed by atoms with Crippen LogP contribution >= 0.6 is 0 Å². The van der Waals surface area contributed by atoms with E-state index in [-0.39, 0.29) is 53.4 Å². The minimum atomic E-state index is -1.90. The van der Waals surface area contributed by atoms with Gasteiger partial charge in [0.15, 0.2) is 24.7 Å². The third-order valence-corrected chi connectivity index (χ3v) is 18.3. The van der Waals surface area contributed by atoms with Crippen LogP contribution in [-0.2, 0) is 47.4 Å². The van der Waals surface area contributed by atoms with Crippen molar-refractivity contribution in [2.24, 2.45) is 46.3 Å². The zero-order valence-corrected chi connectivity index (χ0v) is 39.5. The number of ether oxygens (including phenoxy) is 9. The Bertz CT molecular complexity index is 1840. The maximum absolute atomic E-state index is 12.9. The van der Waals surface area contributed by atoms with E-state index in [0.29, 0.717) is 13.0 Å². The molecular weight excluding hydrogens is 900 g/mol. The van der Waals surface area contributed by atoms with Gasteiger partial charge in [-0.2, -0.15) is 0 Å². The number of fused-ring (bicyclic) bond motifs is 7. The van der Waals surface area contributed by atoms with Crippen LogP contribution in [0.4, 0.5) is 0 Å². The molecule has 1 spiro atoms. The fourth-order valence-electron chi connectivity index (χ4n) is 14.6. The summed E-state index contributed by atoms with van der Waals surface area (Å²) in [6.07, 6.45) is -21.5. The molecule has 5 heterocycles. The Morgan fingerprint density at radius 2 is 1.35 bits per heavy atom. The highest BCUT2D eigenvalue weighted by Gasteiger charge is 2.72. The van der Waals surface area contributed by atoms with Gasteiger partial charge >= 0.3 is 5.97 Å². The third-order valence-electron chi connectivity index (χ3n) is 18.3. The van der Waals surface area contributed by atoms with Crippen LogP contribution in [0.2, 0.25) is 0 Å². The molecule has 3 saturated carbocycles. The molecule has 5 saturated heterocycles. The second-order valence-corrected chi connectivity index (χ2v) is 21.9. The van der Waals surface area contributed by atoms with E-state index in [1.807, 2.05) is 6.92 Å². The zero-order chi connectivity index (χ0) is 49.1. The minimum absolute atomic E-state index is 0.110. The van der Waals surface area contributed by atoms with Gasteiger partial charge in [-0.15, -0.1) is 0 Å². The maximum Gasteiger partial charge on any atom is 0.302 e. The number of aliphatic hydroxyl groups excluding tert-OH is 11. The lowest BCUT2D eigenvalue weighted by atomic mass is 9.46. The van der Waals surface area contributed by atoms with Gasteiger partial charge in [0.2, 0.25) is 0 Å². The Labute approximate surface area is 395 Å². The summed E-state index contributed by atoms with van der Waals surface area (Å²) in [6.45, 7) is 10.1. The van der Waals surface area contributed by atoms with Crippen molar-refractivity contribution >= 4 is 5.97 Å². The molecule has 29 unspecified atom stereocenters. The highest BCUT2D eigenvalue weighted by atomic mass is 16.8. The van der Waals surface area contributed by atoms with E-state index in [9.17, 15) is 61.0 Å². The Kier molecular flexibility index (Phi) is 14.4. The summed E-state index contributed by atoms with van der Waals surface area (Å²) in [5.74, 6) is -1.27. The van der Waals surface area contributed by atoms with E-state index in [1.165, 1.54) is 6.92 Å². The average molecular weight is 975 g/mol. The van der Waals surface area contributed by atoms with Gasteiger partial charge in [-0.1, -0.05) is 39.3 Å². The number of aliphatic hydroxyl groups is 11. The summed E-state index contributed by atoms with van der Waals surface area (Å²) in [6, 6.07) is 0.